The molecule has 1 amide bonds. The number of halogens is 1. The number of rotatable bonds is 4. The van der Waals surface area contributed by atoms with Gasteiger partial charge in [0.1, 0.15) is 5.76 Å². The molecule has 1 aliphatic rings. The molecule has 1 N–H and O–H groups in total. The molecule has 0 aliphatic carbocycles. The second-order valence-corrected chi connectivity index (χ2v) is 9.03. The number of aryl methyl sites for hydroxylation is 2. The first-order valence-electron chi connectivity index (χ1n) is 10.0. The Kier molecular flexibility index (Phi) is 5.96. The summed E-state index contributed by atoms with van der Waals surface area (Å²) >= 11 is 2.22. The predicted octanol–water partition coefficient (Wildman–Crippen LogP) is 5.53. The van der Waals surface area contributed by atoms with E-state index in [9.17, 15) is 14.7 Å². The van der Waals surface area contributed by atoms with E-state index >= 15 is 0 Å². The minimum Gasteiger partial charge on any atom is -0.507 e. The van der Waals surface area contributed by atoms with Crippen LogP contribution in [-0.2, 0) is 16.1 Å². The standard InChI is InChI=1S/C26H22INO3/c1-16-8-9-17(2)21(14-16)24(29)22-23(19-10-12-20(27)13-11-19)28(26(31)25(22)30)15-18-6-4-3-5-7-18/h3-14,23,29H,15H2,1-2H3. The number of Topliss-reactive ketones (excluding diaryl/α,β-unsaturated/α-hetero) is 1. The monoisotopic (exact) mass is 523 g/mol. The topological polar surface area (TPSA) is 57.6 Å². The van der Waals surface area contributed by atoms with Crippen molar-refractivity contribution in [3.63, 3.8) is 0 Å². The van der Waals surface area contributed by atoms with Crippen LogP contribution in [0.5, 0.6) is 0 Å². The summed E-state index contributed by atoms with van der Waals surface area (Å²) in [5.74, 6) is -1.38. The number of amides is 1. The van der Waals surface area contributed by atoms with Crippen LogP contribution in [0.4, 0.5) is 0 Å². The van der Waals surface area contributed by atoms with Gasteiger partial charge in [-0.3, -0.25) is 9.59 Å². The van der Waals surface area contributed by atoms with E-state index in [2.05, 4.69) is 22.6 Å². The van der Waals surface area contributed by atoms with Crippen LogP contribution < -0.4 is 0 Å². The molecule has 1 atom stereocenters. The van der Waals surface area contributed by atoms with Crippen LogP contribution in [-0.4, -0.2) is 21.7 Å². The van der Waals surface area contributed by atoms with Gasteiger partial charge in [-0.25, -0.2) is 0 Å². The zero-order valence-corrected chi connectivity index (χ0v) is 19.5. The highest BCUT2D eigenvalue weighted by atomic mass is 127. The first-order valence-corrected chi connectivity index (χ1v) is 11.1. The van der Waals surface area contributed by atoms with Gasteiger partial charge in [-0.05, 0) is 71.3 Å². The van der Waals surface area contributed by atoms with Crippen molar-refractivity contribution in [1.29, 1.82) is 0 Å². The molecular weight excluding hydrogens is 501 g/mol. The van der Waals surface area contributed by atoms with Gasteiger partial charge < -0.3 is 10.0 Å². The smallest absolute Gasteiger partial charge is 0.295 e. The zero-order valence-electron chi connectivity index (χ0n) is 17.3. The van der Waals surface area contributed by atoms with Gasteiger partial charge in [0.2, 0.25) is 0 Å². The minimum absolute atomic E-state index is 0.126. The fourth-order valence-electron chi connectivity index (χ4n) is 3.95. The van der Waals surface area contributed by atoms with Crippen molar-refractivity contribution in [2.75, 3.05) is 0 Å². The lowest BCUT2D eigenvalue weighted by Gasteiger charge is -2.25. The van der Waals surface area contributed by atoms with Crippen LogP contribution in [0.2, 0.25) is 0 Å². The first-order chi connectivity index (χ1) is 14.9. The quantitative estimate of drug-likeness (QED) is 0.212. The van der Waals surface area contributed by atoms with Crippen molar-refractivity contribution < 1.29 is 14.7 Å². The maximum atomic E-state index is 13.2. The Balaban J connectivity index is 1.90. The third-order valence-electron chi connectivity index (χ3n) is 5.57. The molecule has 156 valence electrons. The number of aliphatic hydroxyl groups is 1. The fourth-order valence-corrected chi connectivity index (χ4v) is 4.31. The highest BCUT2D eigenvalue weighted by Crippen LogP contribution is 2.40. The van der Waals surface area contributed by atoms with Gasteiger partial charge in [-0.15, -0.1) is 0 Å². The van der Waals surface area contributed by atoms with Crippen molar-refractivity contribution in [3.8, 4) is 0 Å². The molecule has 0 bridgehead atoms. The Morgan fingerprint density at radius 1 is 0.968 bits per heavy atom. The third kappa shape index (κ3) is 4.14. The first kappa shape index (κ1) is 21.3. The minimum atomic E-state index is -0.655. The van der Waals surface area contributed by atoms with Crippen LogP contribution in [0.15, 0.2) is 78.4 Å². The van der Waals surface area contributed by atoms with E-state index < -0.39 is 17.7 Å². The lowest BCUT2D eigenvalue weighted by molar-refractivity contribution is -0.140. The summed E-state index contributed by atoms with van der Waals surface area (Å²) in [4.78, 5) is 27.8. The molecule has 1 fully saturated rings. The molecule has 0 spiro atoms. The summed E-state index contributed by atoms with van der Waals surface area (Å²) in [6.45, 7) is 4.10. The van der Waals surface area contributed by atoms with Gasteiger partial charge in [-0.1, -0.05) is 60.2 Å². The molecule has 4 rings (SSSR count). The number of benzene rings is 3. The molecule has 4 nitrogen and oxygen atoms in total. The normalized spacial score (nSPS) is 17.9. The second-order valence-electron chi connectivity index (χ2n) is 7.78. The maximum Gasteiger partial charge on any atom is 0.295 e. The summed E-state index contributed by atoms with van der Waals surface area (Å²) in [5, 5.41) is 11.3. The summed E-state index contributed by atoms with van der Waals surface area (Å²) in [6.07, 6.45) is 0. The Morgan fingerprint density at radius 3 is 2.32 bits per heavy atom. The van der Waals surface area contributed by atoms with Gasteiger partial charge in [0.25, 0.3) is 11.7 Å². The van der Waals surface area contributed by atoms with Crippen LogP contribution in [0.25, 0.3) is 5.76 Å². The number of ketones is 1. The average Bonchev–Trinajstić information content (AvgIpc) is 3.01. The summed E-state index contributed by atoms with van der Waals surface area (Å²) in [7, 11) is 0. The number of hydrogen-bond acceptors (Lipinski definition) is 3. The maximum absolute atomic E-state index is 13.2. The number of aliphatic hydroxyl groups excluding tert-OH is 1. The number of hydrogen-bond donors (Lipinski definition) is 1. The van der Waals surface area contributed by atoms with Crippen LogP contribution in [0, 0.1) is 17.4 Å². The molecule has 1 heterocycles. The number of carbonyl (C=O) groups excluding carboxylic acids is 2. The van der Waals surface area contributed by atoms with Gasteiger partial charge in [0.05, 0.1) is 11.6 Å². The van der Waals surface area contributed by atoms with Gasteiger partial charge in [0, 0.05) is 15.7 Å². The molecule has 31 heavy (non-hydrogen) atoms. The number of nitrogens with zero attached hydrogens (tertiary/aromatic N) is 1. The molecule has 5 heteroatoms. The van der Waals surface area contributed by atoms with Gasteiger partial charge in [0.15, 0.2) is 0 Å². The van der Waals surface area contributed by atoms with Crippen molar-refractivity contribution >= 4 is 40.0 Å². The van der Waals surface area contributed by atoms with Gasteiger partial charge >= 0.3 is 0 Å². The molecule has 0 radical (unpaired) electrons. The van der Waals surface area contributed by atoms with E-state index in [0.29, 0.717) is 5.56 Å². The molecule has 3 aromatic rings. The predicted molar refractivity (Wildman–Crippen MR) is 129 cm³/mol. The summed E-state index contributed by atoms with van der Waals surface area (Å²) in [6, 6.07) is 22.3. The van der Waals surface area contributed by atoms with Crippen molar-refractivity contribution in [2.24, 2.45) is 0 Å². The molecular formula is C26H22INO3. The highest BCUT2D eigenvalue weighted by Gasteiger charge is 2.46. The van der Waals surface area contributed by atoms with E-state index in [0.717, 1.165) is 25.8 Å². The van der Waals surface area contributed by atoms with Crippen LogP contribution in [0.1, 0.15) is 33.9 Å². The lowest BCUT2D eigenvalue weighted by atomic mass is 9.93. The van der Waals surface area contributed by atoms with Crippen molar-refractivity contribution in [1.82, 2.24) is 4.90 Å². The van der Waals surface area contributed by atoms with Crippen LogP contribution >= 0.6 is 22.6 Å². The lowest BCUT2D eigenvalue weighted by Crippen LogP contribution is -2.29. The Morgan fingerprint density at radius 2 is 1.65 bits per heavy atom. The zero-order chi connectivity index (χ0) is 22.1. The Bertz CT molecular complexity index is 1180. The third-order valence-corrected chi connectivity index (χ3v) is 6.29. The summed E-state index contributed by atoms with van der Waals surface area (Å²) < 4.78 is 1.05. The average molecular weight is 523 g/mol. The molecule has 1 saturated heterocycles. The molecule has 0 aromatic heterocycles. The highest BCUT2D eigenvalue weighted by molar-refractivity contribution is 14.1. The molecule has 1 aliphatic heterocycles. The van der Waals surface area contributed by atoms with E-state index in [4.69, 9.17) is 0 Å². The number of carbonyl (C=O) groups is 2. The van der Waals surface area contributed by atoms with Crippen LogP contribution in [0.3, 0.4) is 0 Å². The molecule has 3 aromatic carbocycles. The second kappa shape index (κ2) is 8.67. The van der Waals surface area contributed by atoms with Gasteiger partial charge in [-0.2, -0.15) is 0 Å². The van der Waals surface area contributed by atoms with E-state index in [1.54, 1.807) is 4.90 Å². The largest absolute Gasteiger partial charge is 0.507 e. The van der Waals surface area contributed by atoms with E-state index in [1.807, 2.05) is 86.6 Å². The molecule has 1 unspecified atom stereocenters. The SMILES string of the molecule is Cc1ccc(C)c(C(O)=C2C(=O)C(=O)N(Cc3ccccc3)C2c2ccc(I)cc2)c1. The van der Waals surface area contributed by atoms with E-state index in [-0.39, 0.29) is 17.9 Å². The fraction of sp³-hybridized carbons (Fsp3) is 0.154. The van der Waals surface area contributed by atoms with Crippen molar-refractivity contribution in [3.05, 3.63) is 110 Å². The number of likely N-dealkylation sites (tertiary alicyclic amines) is 1. The summed E-state index contributed by atoms with van der Waals surface area (Å²) in [5.41, 5.74) is 4.24. The molecule has 0 saturated carbocycles. The Labute approximate surface area is 195 Å². The van der Waals surface area contributed by atoms with Crippen molar-refractivity contribution in [2.45, 2.75) is 26.4 Å². The van der Waals surface area contributed by atoms with E-state index in [1.165, 1.54) is 0 Å². The Hall–Kier alpha value is -2.93.